The molecule has 0 aliphatic carbocycles. The Morgan fingerprint density at radius 1 is 1.14 bits per heavy atom. The predicted molar refractivity (Wildman–Crippen MR) is 121 cm³/mol. The monoisotopic (exact) mass is 492 g/mol. The first-order valence-electron chi connectivity index (χ1n) is 12.2. The second kappa shape index (κ2) is 11.8. The van der Waals surface area contributed by atoms with Crippen molar-refractivity contribution in [2.45, 2.75) is 69.5 Å². The number of esters is 2. The lowest BCUT2D eigenvalue weighted by Gasteiger charge is -2.23. The van der Waals surface area contributed by atoms with Gasteiger partial charge in [-0.25, -0.2) is 4.79 Å². The van der Waals surface area contributed by atoms with Crippen molar-refractivity contribution < 1.29 is 38.5 Å². The molecular formula is C24H32N2O9. The molecule has 11 nitrogen and oxygen atoms in total. The molecule has 1 aromatic rings. The lowest BCUT2D eigenvalue weighted by Crippen LogP contribution is -2.36. The van der Waals surface area contributed by atoms with E-state index in [9.17, 15) is 19.7 Å². The zero-order valence-corrected chi connectivity index (χ0v) is 19.8. The first-order chi connectivity index (χ1) is 17.0. The summed E-state index contributed by atoms with van der Waals surface area (Å²) in [7, 11) is 0. The van der Waals surface area contributed by atoms with Gasteiger partial charge in [0.15, 0.2) is 12.2 Å². The van der Waals surface area contributed by atoms with Crippen molar-refractivity contribution in [1.29, 1.82) is 0 Å². The number of benzene rings is 1. The average molecular weight is 493 g/mol. The summed E-state index contributed by atoms with van der Waals surface area (Å²) in [6.07, 6.45) is 1.01. The van der Waals surface area contributed by atoms with Gasteiger partial charge in [0.2, 0.25) is 0 Å². The van der Waals surface area contributed by atoms with Crippen molar-refractivity contribution in [3.8, 4) is 0 Å². The molecule has 5 atom stereocenters. The summed E-state index contributed by atoms with van der Waals surface area (Å²) in [5.41, 5.74) is 0.903. The maximum atomic E-state index is 13.2. The second-order valence-electron chi connectivity index (χ2n) is 9.10. The van der Waals surface area contributed by atoms with Crippen molar-refractivity contribution in [3.63, 3.8) is 0 Å². The Labute approximate surface area is 203 Å². The van der Waals surface area contributed by atoms with Crippen LogP contribution in [0.15, 0.2) is 24.3 Å². The number of unbranched alkanes of at least 4 members (excludes halogenated alkanes) is 1. The van der Waals surface area contributed by atoms with Crippen molar-refractivity contribution in [2.24, 2.45) is 0 Å². The van der Waals surface area contributed by atoms with Gasteiger partial charge in [-0.1, -0.05) is 31.5 Å². The van der Waals surface area contributed by atoms with Gasteiger partial charge in [0, 0.05) is 5.56 Å². The number of carbonyl (C=O) groups is 2. The van der Waals surface area contributed by atoms with Crippen LogP contribution < -0.4 is 0 Å². The maximum absolute atomic E-state index is 13.2. The van der Waals surface area contributed by atoms with Crippen molar-refractivity contribution in [2.75, 3.05) is 32.8 Å². The van der Waals surface area contributed by atoms with Gasteiger partial charge in [-0.2, -0.15) is 0 Å². The number of carbonyl (C=O) groups excluding carboxylic acids is 2. The molecule has 11 heteroatoms. The van der Waals surface area contributed by atoms with E-state index in [0.717, 1.165) is 38.8 Å². The van der Waals surface area contributed by atoms with Crippen LogP contribution in [0, 0.1) is 10.1 Å². The molecule has 2 unspecified atom stereocenters. The van der Waals surface area contributed by atoms with E-state index in [1.165, 1.54) is 0 Å². The summed E-state index contributed by atoms with van der Waals surface area (Å²) in [6, 6.07) is 6.95. The highest BCUT2D eigenvalue weighted by Gasteiger charge is 2.51. The zero-order valence-electron chi connectivity index (χ0n) is 19.8. The molecule has 3 aliphatic rings. The first kappa shape index (κ1) is 25.3. The average Bonchev–Trinajstić information content (AvgIpc) is 3.57. The number of rotatable bonds is 11. The Balaban J connectivity index is 1.43. The number of fused-ring (bicyclic) bond motifs is 1. The van der Waals surface area contributed by atoms with E-state index in [2.05, 4.69) is 16.7 Å². The molecule has 0 N–H and O–H groups in total. The minimum absolute atomic E-state index is 0.0208. The topological polar surface area (TPSA) is 127 Å². The molecule has 35 heavy (non-hydrogen) atoms. The predicted octanol–water partition coefficient (Wildman–Crippen LogP) is 2.46. The van der Waals surface area contributed by atoms with Gasteiger partial charge in [-0.15, -0.1) is 10.1 Å². The Morgan fingerprint density at radius 2 is 1.83 bits per heavy atom. The number of hydrogen-bond acceptors (Lipinski definition) is 10. The third-order valence-corrected chi connectivity index (χ3v) is 6.61. The number of ether oxygens (including phenoxy) is 4. The SMILES string of the molecule is CCCCC(OC(=O)CN1CCCC1)c1ccccc1C(=O)OC1CO[C@H]2[C@@H]1OC[C@H]2O[N+](=O)[O-]. The highest BCUT2D eigenvalue weighted by Crippen LogP contribution is 2.32. The molecule has 0 radical (unpaired) electrons. The summed E-state index contributed by atoms with van der Waals surface area (Å²) < 4.78 is 22.7. The van der Waals surface area contributed by atoms with Crippen LogP contribution in [0.4, 0.5) is 0 Å². The van der Waals surface area contributed by atoms with Gasteiger partial charge in [-0.05, 0) is 44.8 Å². The normalized spacial score (nSPS) is 26.8. The molecule has 0 amide bonds. The maximum Gasteiger partial charge on any atom is 0.339 e. The zero-order chi connectivity index (χ0) is 24.8. The van der Waals surface area contributed by atoms with Crippen LogP contribution in [0.3, 0.4) is 0 Å². The number of hydrogen-bond donors (Lipinski definition) is 0. The quantitative estimate of drug-likeness (QED) is 0.258. The van der Waals surface area contributed by atoms with Gasteiger partial charge < -0.3 is 23.8 Å². The van der Waals surface area contributed by atoms with Crippen LogP contribution in [-0.2, 0) is 28.6 Å². The van der Waals surface area contributed by atoms with Crippen molar-refractivity contribution >= 4 is 11.9 Å². The fourth-order valence-corrected chi connectivity index (χ4v) is 4.88. The molecule has 0 aromatic heterocycles. The molecule has 3 saturated heterocycles. The minimum atomic E-state index is -0.878. The van der Waals surface area contributed by atoms with E-state index in [-0.39, 0.29) is 25.7 Å². The molecule has 3 aliphatic heterocycles. The Bertz CT molecular complexity index is 905. The van der Waals surface area contributed by atoms with E-state index in [4.69, 9.17) is 18.9 Å². The van der Waals surface area contributed by atoms with Gasteiger partial charge in [0.1, 0.15) is 18.3 Å². The fourth-order valence-electron chi connectivity index (χ4n) is 4.88. The molecule has 3 heterocycles. The number of nitrogens with zero attached hydrogens (tertiary/aromatic N) is 2. The Kier molecular flexibility index (Phi) is 8.53. The highest BCUT2D eigenvalue weighted by molar-refractivity contribution is 5.91. The highest BCUT2D eigenvalue weighted by atomic mass is 17.0. The standard InChI is InChI=1S/C24H32N2O9/c1-2-3-10-18(33-21(27)13-25-11-6-7-12-25)16-8-4-5-9-17(16)24(28)34-19-14-31-23-20(35-26(29)30)15-32-22(19)23/h4-5,8-9,18-20,22-23H,2-3,6-7,10-15H2,1H3/t18?,19?,20-,22-,23-/m1/s1. The first-order valence-corrected chi connectivity index (χ1v) is 12.2. The van der Waals surface area contributed by atoms with Crippen LogP contribution in [0.1, 0.15) is 61.1 Å². The van der Waals surface area contributed by atoms with Crippen molar-refractivity contribution in [3.05, 3.63) is 45.5 Å². The Hall–Kier alpha value is -2.76. The molecule has 1 aromatic carbocycles. The van der Waals surface area contributed by atoms with E-state index in [1.54, 1.807) is 24.3 Å². The van der Waals surface area contributed by atoms with Gasteiger partial charge in [0.05, 0.1) is 25.3 Å². The van der Waals surface area contributed by atoms with Gasteiger partial charge in [0.25, 0.3) is 5.09 Å². The van der Waals surface area contributed by atoms with E-state index in [0.29, 0.717) is 17.5 Å². The third kappa shape index (κ3) is 6.28. The molecule has 0 bridgehead atoms. The third-order valence-electron chi connectivity index (χ3n) is 6.61. The molecule has 0 saturated carbocycles. The lowest BCUT2D eigenvalue weighted by molar-refractivity contribution is -0.769. The van der Waals surface area contributed by atoms with Crippen LogP contribution in [0.2, 0.25) is 0 Å². The molecule has 3 fully saturated rings. The van der Waals surface area contributed by atoms with Gasteiger partial charge in [-0.3, -0.25) is 9.69 Å². The molecule has 4 rings (SSSR count). The summed E-state index contributed by atoms with van der Waals surface area (Å²) in [5.74, 6) is -0.895. The second-order valence-corrected chi connectivity index (χ2v) is 9.10. The minimum Gasteiger partial charge on any atom is -0.457 e. The van der Waals surface area contributed by atoms with E-state index >= 15 is 0 Å². The number of likely N-dealkylation sites (tertiary alicyclic amines) is 1. The molecular weight excluding hydrogens is 460 g/mol. The van der Waals surface area contributed by atoms with Crippen LogP contribution >= 0.6 is 0 Å². The van der Waals surface area contributed by atoms with E-state index in [1.807, 2.05) is 0 Å². The smallest absolute Gasteiger partial charge is 0.339 e. The molecule has 0 spiro atoms. The van der Waals surface area contributed by atoms with Gasteiger partial charge >= 0.3 is 11.9 Å². The van der Waals surface area contributed by atoms with Crippen LogP contribution in [0.5, 0.6) is 0 Å². The summed E-state index contributed by atoms with van der Waals surface area (Å²) >= 11 is 0. The Morgan fingerprint density at radius 3 is 2.54 bits per heavy atom. The van der Waals surface area contributed by atoms with Crippen LogP contribution in [-0.4, -0.2) is 79.2 Å². The van der Waals surface area contributed by atoms with Crippen LogP contribution in [0.25, 0.3) is 0 Å². The van der Waals surface area contributed by atoms with Crippen molar-refractivity contribution in [1.82, 2.24) is 4.90 Å². The largest absolute Gasteiger partial charge is 0.457 e. The lowest BCUT2D eigenvalue weighted by atomic mass is 9.98. The fraction of sp³-hybridized carbons (Fsp3) is 0.667. The molecule has 192 valence electrons. The summed E-state index contributed by atoms with van der Waals surface area (Å²) in [6.45, 7) is 4.09. The summed E-state index contributed by atoms with van der Waals surface area (Å²) in [4.78, 5) is 43.2. The summed E-state index contributed by atoms with van der Waals surface area (Å²) in [5, 5.41) is 9.81. The van der Waals surface area contributed by atoms with E-state index < -0.39 is 41.6 Å².